The molecule has 0 aliphatic heterocycles. The second-order valence-corrected chi connectivity index (χ2v) is 6.82. The van der Waals surface area contributed by atoms with E-state index in [0.29, 0.717) is 5.75 Å². The number of carbonyl (C=O) groups is 1. The summed E-state index contributed by atoms with van der Waals surface area (Å²) in [6, 6.07) is 5.35. The molecule has 8 heteroatoms. The number of aliphatic hydroxyl groups excluding tert-OH is 2. The maximum absolute atomic E-state index is 11.2. The van der Waals surface area contributed by atoms with Gasteiger partial charge in [-0.05, 0) is 12.5 Å². The van der Waals surface area contributed by atoms with Crippen molar-refractivity contribution in [3.8, 4) is 0 Å². The van der Waals surface area contributed by atoms with Gasteiger partial charge in [0.1, 0.15) is 6.10 Å². The molecule has 0 heterocycles. The minimum Gasteiger partial charge on any atom is -0.390 e. The Bertz CT molecular complexity index is 569. The van der Waals surface area contributed by atoms with Gasteiger partial charge in [-0.15, -0.1) is 0 Å². The lowest BCUT2D eigenvalue weighted by atomic mass is 10.0. The van der Waals surface area contributed by atoms with Crippen molar-refractivity contribution in [2.24, 2.45) is 0 Å². The van der Waals surface area contributed by atoms with Crippen molar-refractivity contribution < 1.29 is 28.0 Å². The Morgan fingerprint density at radius 1 is 1.30 bits per heavy atom. The summed E-state index contributed by atoms with van der Waals surface area (Å²) in [5, 5.41) is 19.7. The van der Waals surface area contributed by atoms with Gasteiger partial charge in [-0.25, -0.2) is 0 Å². The molecule has 3 N–H and O–H groups in total. The van der Waals surface area contributed by atoms with Crippen LogP contribution in [0.15, 0.2) is 29.2 Å². The Labute approximate surface area is 121 Å². The molecule has 1 aromatic rings. The molecule has 20 heavy (non-hydrogen) atoms. The summed E-state index contributed by atoms with van der Waals surface area (Å²) in [5.41, 5.74) is -0.0738. The number of hydrogen-bond acceptors (Lipinski definition) is 6. The molecule has 112 valence electrons. The third kappa shape index (κ3) is 4.88. The molecule has 2 unspecified atom stereocenters. The van der Waals surface area contributed by atoms with Gasteiger partial charge < -0.3 is 10.2 Å². The summed E-state index contributed by atoms with van der Waals surface area (Å²) in [7, 11) is -4.48. The molecule has 6 nitrogen and oxygen atoms in total. The van der Waals surface area contributed by atoms with Crippen LogP contribution in [-0.4, -0.2) is 40.2 Å². The van der Waals surface area contributed by atoms with E-state index in [-0.39, 0.29) is 17.1 Å². The molecule has 1 aromatic carbocycles. The first-order chi connectivity index (χ1) is 9.23. The standard InChI is InChI=1S/C12H16O6S2/c1-8(13)19-7-6-10(14)12(15)9-4-2-3-5-11(9)20(16,17)18/h2-5,10,12,14-15H,6-7H2,1H3,(H,16,17,18). The Balaban J connectivity index is 2.87. The van der Waals surface area contributed by atoms with Gasteiger partial charge >= 0.3 is 0 Å². The van der Waals surface area contributed by atoms with E-state index in [2.05, 4.69) is 0 Å². The maximum atomic E-state index is 11.2. The van der Waals surface area contributed by atoms with E-state index in [1.807, 2.05) is 0 Å². The molecular formula is C12H16O6S2. The minimum atomic E-state index is -4.48. The van der Waals surface area contributed by atoms with Crippen molar-refractivity contribution >= 4 is 27.0 Å². The van der Waals surface area contributed by atoms with E-state index in [1.165, 1.54) is 25.1 Å². The number of carbonyl (C=O) groups excluding carboxylic acids is 1. The molecule has 0 aromatic heterocycles. The number of hydrogen-bond donors (Lipinski definition) is 3. The fraction of sp³-hybridized carbons (Fsp3) is 0.417. The third-order valence-electron chi connectivity index (χ3n) is 2.60. The van der Waals surface area contributed by atoms with Crippen LogP contribution in [0.25, 0.3) is 0 Å². The summed E-state index contributed by atoms with van der Waals surface area (Å²) in [6.07, 6.45) is -2.57. The van der Waals surface area contributed by atoms with E-state index in [9.17, 15) is 23.4 Å². The van der Waals surface area contributed by atoms with Gasteiger partial charge in [0.15, 0.2) is 5.12 Å². The highest BCUT2D eigenvalue weighted by Crippen LogP contribution is 2.26. The van der Waals surface area contributed by atoms with E-state index in [1.54, 1.807) is 0 Å². The Morgan fingerprint density at radius 2 is 1.90 bits per heavy atom. The van der Waals surface area contributed by atoms with Crippen LogP contribution in [0.1, 0.15) is 25.0 Å². The van der Waals surface area contributed by atoms with Crippen LogP contribution in [0.2, 0.25) is 0 Å². The normalized spacial score (nSPS) is 14.8. The molecule has 0 saturated carbocycles. The van der Waals surface area contributed by atoms with Crippen molar-refractivity contribution in [3.63, 3.8) is 0 Å². The number of aliphatic hydroxyl groups is 2. The van der Waals surface area contributed by atoms with Gasteiger partial charge in [0.05, 0.1) is 11.0 Å². The van der Waals surface area contributed by atoms with Crippen molar-refractivity contribution in [1.82, 2.24) is 0 Å². The zero-order valence-electron chi connectivity index (χ0n) is 10.8. The summed E-state index contributed by atoms with van der Waals surface area (Å²) >= 11 is 1.00. The summed E-state index contributed by atoms with van der Waals surface area (Å²) in [5.74, 6) is 0.307. The summed E-state index contributed by atoms with van der Waals surface area (Å²) in [4.78, 5) is 10.3. The topological polar surface area (TPSA) is 112 Å². The third-order valence-corrected chi connectivity index (χ3v) is 4.37. The largest absolute Gasteiger partial charge is 0.390 e. The predicted molar refractivity (Wildman–Crippen MR) is 75.0 cm³/mol. The first-order valence-electron chi connectivity index (χ1n) is 5.79. The summed E-state index contributed by atoms with van der Waals surface area (Å²) < 4.78 is 31.5. The fourth-order valence-electron chi connectivity index (χ4n) is 1.65. The zero-order chi connectivity index (χ0) is 15.3. The van der Waals surface area contributed by atoms with Crippen LogP contribution in [0, 0.1) is 0 Å². The molecule has 0 saturated heterocycles. The lowest BCUT2D eigenvalue weighted by molar-refractivity contribution is -0.109. The Hall–Kier alpha value is -0.930. The average Bonchev–Trinajstić information content (AvgIpc) is 2.36. The highest BCUT2D eigenvalue weighted by molar-refractivity contribution is 8.13. The second kappa shape index (κ2) is 7.19. The van der Waals surface area contributed by atoms with Gasteiger partial charge in [0, 0.05) is 18.2 Å². The van der Waals surface area contributed by atoms with E-state index >= 15 is 0 Å². The molecule has 0 radical (unpaired) electrons. The van der Waals surface area contributed by atoms with Crippen molar-refractivity contribution in [2.75, 3.05) is 5.75 Å². The molecular weight excluding hydrogens is 304 g/mol. The quantitative estimate of drug-likeness (QED) is 0.670. The van der Waals surface area contributed by atoms with E-state index < -0.39 is 27.2 Å². The highest BCUT2D eigenvalue weighted by atomic mass is 32.2. The van der Waals surface area contributed by atoms with Crippen LogP contribution in [-0.2, 0) is 14.9 Å². The number of benzene rings is 1. The first-order valence-corrected chi connectivity index (χ1v) is 8.22. The predicted octanol–water partition coefficient (Wildman–Crippen LogP) is 0.997. The SMILES string of the molecule is CC(=O)SCCC(O)C(O)c1ccccc1S(=O)(=O)O. The first kappa shape index (κ1) is 17.1. The van der Waals surface area contributed by atoms with Crippen molar-refractivity contribution in [3.05, 3.63) is 29.8 Å². The van der Waals surface area contributed by atoms with E-state index in [4.69, 9.17) is 4.55 Å². The number of rotatable bonds is 6. The minimum absolute atomic E-state index is 0.0738. The van der Waals surface area contributed by atoms with Gasteiger partial charge in [-0.2, -0.15) is 8.42 Å². The Morgan fingerprint density at radius 3 is 2.45 bits per heavy atom. The van der Waals surface area contributed by atoms with E-state index in [0.717, 1.165) is 17.8 Å². The average molecular weight is 320 g/mol. The fourth-order valence-corrected chi connectivity index (χ4v) is 3.03. The number of thioether (sulfide) groups is 1. The van der Waals surface area contributed by atoms with Crippen LogP contribution in [0.4, 0.5) is 0 Å². The van der Waals surface area contributed by atoms with Crippen LogP contribution in [0.5, 0.6) is 0 Å². The Kier molecular flexibility index (Phi) is 6.15. The van der Waals surface area contributed by atoms with Crippen LogP contribution < -0.4 is 0 Å². The maximum Gasteiger partial charge on any atom is 0.294 e. The molecule has 0 aliphatic rings. The van der Waals surface area contributed by atoms with Gasteiger partial charge in [-0.1, -0.05) is 30.0 Å². The van der Waals surface area contributed by atoms with Crippen LogP contribution in [0.3, 0.4) is 0 Å². The highest BCUT2D eigenvalue weighted by Gasteiger charge is 2.25. The zero-order valence-corrected chi connectivity index (χ0v) is 12.4. The molecule has 2 atom stereocenters. The molecule has 0 fully saturated rings. The lowest BCUT2D eigenvalue weighted by Gasteiger charge is -2.19. The summed E-state index contributed by atoms with van der Waals surface area (Å²) in [6.45, 7) is 1.39. The monoisotopic (exact) mass is 320 g/mol. The second-order valence-electron chi connectivity index (χ2n) is 4.15. The molecule has 0 spiro atoms. The van der Waals surface area contributed by atoms with Crippen molar-refractivity contribution in [1.29, 1.82) is 0 Å². The van der Waals surface area contributed by atoms with Gasteiger partial charge in [0.2, 0.25) is 0 Å². The lowest BCUT2D eigenvalue weighted by Crippen LogP contribution is -2.21. The molecule has 1 rings (SSSR count). The van der Waals surface area contributed by atoms with Crippen molar-refractivity contribution in [2.45, 2.75) is 30.4 Å². The smallest absolute Gasteiger partial charge is 0.294 e. The molecule has 0 aliphatic carbocycles. The van der Waals surface area contributed by atoms with Crippen LogP contribution >= 0.6 is 11.8 Å². The van der Waals surface area contributed by atoms with Gasteiger partial charge in [0.25, 0.3) is 10.1 Å². The molecule has 0 bridgehead atoms. The molecule has 0 amide bonds. The van der Waals surface area contributed by atoms with Gasteiger partial charge in [-0.3, -0.25) is 9.35 Å².